The van der Waals surface area contributed by atoms with E-state index in [2.05, 4.69) is 14.7 Å². The van der Waals surface area contributed by atoms with Gasteiger partial charge in [0.2, 0.25) is 5.91 Å². The van der Waals surface area contributed by atoms with Gasteiger partial charge in [0.1, 0.15) is 23.9 Å². The highest BCUT2D eigenvalue weighted by atomic mass is 16.5. The zero-order valence-electron chi connectivity index (χ0n) is 18.4. The smallest absolute Gasteiger partial charge is 0.225 e. The largest absolute Gasteiger partial charge is 0.497 e. The number of rotatable bonds is 8. The second-order valence-corrected chi connectivity index (χ2v) is 8.32. The predicted molar refractivity (Wildman–Crippen MR) is 118 cm³/mol. The number of hydrogen-bond acceptors (Lipinski definition) is 6. The molecule has 0 radical (unpaired) electrons. The van der Waals surface area contributed by atoms with E-state index < -0.39 is 0 Å². The summed E-state index contributed by atoms with van der Waals surface area (Å²) < 4.78 is 16.5. The van der Waals surface area contributed by atoms with Crippen molar-refractivity contribution in [2.45, 2.75) is 19.4 Å². The summed E-state index contributed by atoms with van der Waals surface area (Å²) in [5.74, 6) is 3.12. The molecular weight excluding hydrogens is 394 g/mol. The Hall–Kier alpha value is -2.51. The molecule has 1 aromatic heterocycles. The van der Waals surface area contributed by atoms with Gasteiger partial charge in [-0.15, -0.1) is 0 Å². The van der Waals surface area contributed by atoms with Crippen molar-refractivity contribution in [2.24, 2.45) is 5.92 Å². The Kier molecular flexibility index (Phi) is 7.48. The van der Waals surface area contributed by atoms with Crippen LogP contribution in [-0.2, 0) is 11.3 Å². The Bertz CT molecular complexity index is 810. The van der Waals surface area contributed by atoms with Gasteiger partial charge in [-0.25, -0.2) is 0 Å². The summed E-state index contributed by atoms with van der Waals surface area (Å²) in [5.41, 5.74) is 0. The third-order valence-corrected chi connectivity index (χ3v) is 6.30. The van der Waals surface area contributed by atoms with Crippen molar-refractivity contribution in [1.82, 2.24) is 14.7 Å². The zero-order chi connectivity index (χ0) is 21.5. The number of amides is 1. The van der Waals surface area contributed by atoms with Gasteiger partial charge in [-0.2, -0.15) is 0 Å². The molecule has 2 aromatic rings. The van der Waals surface area contributed by atoms with E-state index in [0.29, 0.717) is 12.5 Å². The quantitative estimate of drug-likeness (QED) is 0.646. The van der Waals surface area contributed by atoms with Crippen LogP contribution in [0.4, 0.5) is 0 Å². The molecule has 7 heteroatoms. The standard InChI is InChI=1S/C24H33N3O4/c1-29-21-4-2-5-22(18-21)31-17-15-25-11-13-27(14-12-25)24(28)20-7-9-26(10-8-20)19-23-6-3-16-30-23/h2-6,16,18,20H,7-15,17,19H2,1H3. The van der Waals surface area contributed by atoms with Crippen LogP contribution >= 0.6 is 0 Å². The number of furan rings is 1. The van der Waals surface area contributed by atoms with E-state index >= 15 is 0 Å². The number of hydrogen-bond donors (Lipinski definition) is 0. The number of ether oxygens (including phenoxy) is 2. The number of carbonyl (C=O) groups excluding carboxylic acids is 1. The number of benzene rings is 1. The Labute approximate surface area is 184 Å². The zero-order valence-corrected chi connectivity index (χ0v) is 18.4. The summed E-state index contributed by atoms with van der Waals surface area (Å²) in [7, 11) is 1.66. The summed E-state index contributed by atoms with van der Waals surface area (Å²) >= 11 is 0. The van der Waals surface area contributed by atoms with E-state index in [9.17, 15) is 4.79 Å². The van der Waals surface area contributed by atoms with Gasteiger partial charge in [0.15, 0.2) is 0 Å². The Morgan fingerprint density at radius 1 is 1.00 bits per heavy atom. The summed E-state index contributed by atoms with van der Waals surface area (Å²) in [6, 6.07) is 11.6. The molecule has 168 valence electrons. The summed E-state index contributed by atoms with van der Waals surface area (Å²) in [6.45, 7) is 7.69. The molecular formula is C24H33N3O4. The van der Waals surface area contributed by atoms with Crippen LogP contribution in [0.3, 0.4) is 0 Å². The lowest BCUT2D eigenvalue weighted by Crippen LogP contribution is -2.52. The van der Waals surface area contributed by atoms with E-state index in [4.69, 9.17) is 13.9 Å². The van der Waals surface area contributed by atoms with Crippen molar-refractivity contribution in [2.75, 3.05) is 59.5 Å². The molecule has 2 saturated heterocycles. The van der Waals surface area contributed by atoms with Crippen molar-refractivity contribution < 1.29 is 18.7 Å². The number of likely N-dealkylation sites (tertiary alicyclic amines) is 1. The monoisotopic (exact) mass is 427 g/mol. The topological polar surface area (TPSA) is 58.4 Å². The van der Waals surface area contributed by atoms with Crippen molar-refractivity contribution in [3.8, 4) is 11.5 Å². The van der Waals surface area contributed by atoms with Gasteiger partial charge in [-0.3, -0.25) is 14.6 Å². The van der Waals surface area contributed by atoms with Crippen LogP contribution in [0.1, 0.15) is 18.6 Å². The van der Waals surface area contributed by atoms with Crippen LogP contribution in [0.25, 0.3) is 0 Å². The first-order valence-electron chi connectivity index (χ1n) is 11.2. The van der Waals surface area contributed by atoms with Crippen molar-refractivity contribution >= 4 is 5.91 Å². The van der Waals surface area contributed by atoms with Crippen LogP contribution in [0.15, 0.2) is 47.1 Å². The fraction of sp³-hybridized carbons (Fsp3) is 0.542. The lowest BCUT2D eigenvalue weighted by atomic mass is 9.95. The molecule has 3 heterocycles. The average Bonchev–Trinajstić information content (AvgIpc) is 3.33. The third-order valence-electron chi connectivity index (χ3n) is 6.30. The highest BCUT2D eigenvalue weighted by molar-refractivity contribution is 5.79. The molecule has 7 nitrogen and oxygen atoms in total. The molecule has 2 aliphatic rings. The molecule has 0 atom stereocenters. The van der Waals surface area contributed by atoms with Gasteiger partial charge in [-0.1, -0.05) is 6.07 Å². The van der Waals surface area contributed by atoms with Gasteiger partial charge in [0, 0.05) is 44.7 Å². The molecule has 4 rings (SSSR count). The minimum atomic E-state index is 0.163. The van der Waals surface area contributed by atoms with Gasteiger partial charge in [0.05, 0.1) is 19.9 Å². The van der Waals surface area contributed by atoms with Crippen LogP contribution in [0, 0.1) is 5.92 Å². The second-order valence-electron chi connectivity index (χ2n) is 8.32. The van der Waals surface area contributed by atoms with Gasteiger partial charge < -0.3 is 18.8 Å². The maximum absolute atomic E-state index is 13.0. The maximum Gasteiger partial charge on any atom is 0.225 e. The molecule has 0 unspecified atom stereocenters. The molecule has 1 amide bonds. The first-order chi connectivity index (χ1) is 15.2. The summed E-state index contributed by atoms with van der Waals surface area (Å²) in [6.07, 6.45) is 3.60. The molecule has 1 aromatic carbocycles. The Morgan fingerprint density at radius 3 is 2.48 bits per heavy atom. The lowest BCUT2D eigenvalue weighted by Gasteiger charge is -2.38. The highest BCUT2D eigenvalue weighted by Crippen LogP contribution is 2.22. The number of methoxy groups -OCH3 is 1. The van der Waals surface area contributed by atoms with Crippen molar-refractivity contribution in [3.05, 3.63) is 48.4 Å². The number of piperidine rings is 1. The van der Waals surface area contributed by atoms with Crippen LogP contribution in [-0.4, -0.2) is 80.1 Å². The Morgan fingerprint density at radius 2 is 1.77 bits per heavy atom. The fourth-order valence-electron chi connectivity index (χ4n) is 4.39. The number of carbonyl (C=O) groups is 1. The minimum Gasteiger partial charge on any atom is -0.497 e. The van der Waals surface area contributed by atoms with E-state index in [0.717, 1.165) is 82.5 Å². The average molecular weight is 428 g/mol. The van der Waals surface area contributed by atoms with Crippen molar-refractivity contribution in [1.29, 1.82) is 0 Å². The van der Waals surface area contributed by atoms with Gasteiger partial charge >= 0.3 is 0 Å². The summed E-state index contributed by atoms with van der Waals surface area (Å²) in [5, 5.41) is 0. The second kappa shape index (κ2) is 10.7. The normalized spacial score (nSPS) is 18.8. The van der Waals surface area contributed by atoms with E-state index in [-0.39, 0.29) is 5.92 Å². The molecule has 2 aliphatic heterocycles. The molecule has 0 aliphatic carbocycles. The first-order valence-corrected chi connectivity index (χ1v) is 11.2. The molecule has 0 saturated carbocycles. The number of piperazine rings is 1. The first kappa shape index (κ1) is 21.7. The van der Waals surface area contributed by atoms with Gasteiger partial charge in [0.25, 0.3) is 0 Å². The van der Waals surface area contributed by atoms with Gasteiger partial charge in [-0.05, 0) is 50.2 Å². The van der Waals surface area contributed by atoms with Crippen LogP contribution in [0.2, 0.25) is 0 Å². The van der Waals surface area contributed by atoms with E-state index in [1.54, 1.807) is 13.4 Å². The van der Waals surface area contributed by atoms with Crippen LogP contribution in [0.5, 0.6) is 11.5 Å². The van der Waals surface area contributed by atoms with E-state index in [1.165, 1.54) is 0 Å². The SMILES string of the molecule is COc1cccc(OCCN2CCN(C(=O)C3CCN(Cc4ccco4)CC3)CC2)c1. The minimum absolute atomic E-state index is 0.163. The van der Waals surface area contributed by atoms with E-state index in [1.807, 2.05) is 36.4 Å². The third kappa shape index (κ3) is 6.02. The highest BCUT2D eigenvalue weighted by Gasteiger charge is 2.30. The lowest BCUT2D eigenvalue weighted by molar-refractivity contribution is -0.139. The predicted octanol–water partition coefficient (Wildman–Crippen LogP) is 2.72. The van der Waals surface area contributed by atoms with Crippen LogP contribution < -0.4 is 9.47 Å². The summed E-state index contributed by atoms with van der Waals surface area (Å²) in [4.78, 5) is 19.8. The molecule has 31 heavy (non-hydrogen) atoms. The molecule has 0 spiro atoms. The Balaban J connectivity index is 1.14. The molecule has 0 bridgehead atoms. The van der Waals surface area contributed by atoms with Crippen molar-refractivity contribution in [3.63, 3.8) is 0 Å². The molecule has 0 N–H and O–H groups in total. The molecule has 2 fully saturated rings. The maximum atomic E-state index is 13.0. The number of nitrogens with zero attached hydrogens (tertiary/aromatic N) is 3. The fourth-order valence-corrected chi connectivity index (χ4v) is 4.39.